The fourth-order valence-corrected chi connectivity index (χ4v) is 2.88. The van der Waals surface area contributed by atoms with Crippen LogP contribution in [0.1, 0.15) is 34.6 Å². The minimum atomic E-state index is -0.242. The van der Waals surface area contributed by atoms with Crippen LogP contribution in [0.5, 0.6) is 0 Å². The molecule has 0 radical (unpaired) electrons. The summed E-state index contributed by atoms with van der Waals surface area (Å²) >= 11 is 0. The fourth-order valence-electron chi connectivity index (χ4n) is 2.88. The summed E-state index contributed by atoms with van der Waals surface area (Å²) in [6.07, 6.45) is 0. The number of nitrogens with zero attached hydrogens (tertiary/aromatic N) is 2. The first-order valence-electron chi connectivity index (χ1n) is 6.26. The van der Waals surface area contributed by atoms with E-state index < -0.39 is 0 Å². The van der Waals surface area contributed by atoms with Gasteiger partial charge in [-0.2, -0.15) is 0 Å². The first kappa shape index (κ1) is 13.5. The quantitative estimate of drug-likeness (QED) is 0.733. The van der Waals surface area contributed by atoms with Gasteiger partial charge in [-0.1, -0.05) is 13.8 Å². The summed E-state index contributed by atoms with van der Waals surface area (Å²) in [6.45, 7) is 14.1. The highest BCUT2D eigenvalue weighted by Gasteiger charge is 2.53. The maximum Gasteiger partial charge on any atom is 0.230 e. The van der Waals surface area contributed by atoms with Gasteiger partial charge < -0.3 is 9.80 Å². The molecule has 1 amide bonds. The second-order valence-electron chi connectivity index (χ2n) is 5.87. The van der Waals surface area contributed by atoms with E-state index in [9.17, 15) is 4.79 Å². The Hall–Kier alpha value is -0.570. The molecule has 0 aromatic carbocycles. The van der Waals surface area contributed by atoms with Crippen LogP contribution in [0, 0.1) is 10.8 Å². The number of amides is 1. The molecule has 1 saturated heterocycles. The van der Waals surface area contributed by atoms with Crippen LogP contribution in [0.4, 0.5) is 0 Å². The van der Waals surface area contributed by atoms with E-state index in [1.807, 2.05) is 4.90 Å². The van der Waals surface area contributed by atoms with E-state index in [2.05, 4.69) is 46.6 Å². The Kier molecular flexibility index (Phi) is 3.68. The number of hydrogen-bond donors (Lipinski definition) is 0. The van der Waals surface area contributed by atoms with Crippen LogP contribution in [0.15, 0.2) is 0 Å². The van der Waals surface area contributed by atoms with Crippen LogP contribution in [0.3, 0.4) is 0 Å². The summed E-state index contributed by atoms with van der Waals surface area (Å²) in [5.74, 6) is 0.312. The molecule has 0 bridgehead atoms. The number of hydrogen-bond acceptors (Lipinski definition) is 2. The molecule has 16 heavy (non-hydrogen) atoms. The molecule has 3 nitrogen and oxygen atoms in total. The minimum absolute atomic E-state index is 0.0570. The van der Waals surface area contributed by atoms with Crippen molar-refractivity contribution in [3.8, 4) is 0 Å². The fraction of sp³-hybridized carbons (Fsp3) is 0.923. The monoisotopic (exact) mass is 226 g/mol. The van der Waals surface area contributed by atoms with Crippen molar-refractivity contribution < 1.29 is 4.79 Å². The van der Waals surface area contributed by atoms with Crippen LogP contribution in [-0.4, -0.2) is 48.9 Å². The smallest absolute Gasteiger partial charge is 0.230 e. The van der Waals surface area contributed by atoms with Gasteiger partial charge in [-0.3, -0.25) is 4.79 Å². The van der Waals surface area contributed by atoms with E-state index in [4.69, 9.17) is 0 Å². The summed E-state index contributed by atoms with van der Waals surface area (Å²) in [5, 5.41) is 0. The maximum absolute atomic E-state index is 12.6. The van der Waals surface area contributed by atoms with Gasteiger partial charge in [0.05, 0.1) is 5.41 Å². The lowest BCUT2D eigenvalue weighted by Crippen LogP contribution is -2.49. The predicted molar refractivity (Wildman–Crippen MR) is 67.3 cm³/mol. The van der Waals surface area contributed by atoms with Crippen LogP contribution in [0.25, 0.3) is 0 Å². The molecule has 0 saturated carbocycles. The molecular weight excluding hydrogens is 200 g/mol. The van der Waals surface area contributed by atoms with E-state index in [0.29, 0.717) is 5.91 Å². The molecule has 94 valence electrons. The maximum atomic E-state index is 12.6. The molecule has 1 aliphatic rings. The minimum Gasteiger partial charge on any atom is -0.343 e. The zero-order valence-electron chi connectivity index (χ0n) is 11.6. The van der Waals surface area contributed by atoms with Crippen LogP contribution in [-0.2, 0) is 4.79 Å². The third-order valence-electron chi connectivity index (χ3n) is 4.27. The molecule has 0 aliphatic carbocycles. The topological polar surface area (TPSA) is 23.6 Å². The van der Waals surface area contributed by atoms with Crippen molar-refractivity contribution in [1.82, 2.24) is 9.80 Å². The van der Waals surface area contributed by atoms with Crippen molar-refractivity contribution in [3.63, 3.8) is 0 Å². The molecule has 1 atom stereocenters. The molecule has 0 spiro atoms. The van der Waals surface area contributed by atoms with Gasteiger partial charge in [0.25, 0.3) is 0 Å². The molecule has 3 heteroatoms. The van der Waals surface area contributed by atoms with Crippen molar-refractivity contribution in [2.75, 3.05) is 33.2 Å². The molecule has 1 fully saturated rings. The standard InChI is InChI=1S/C13H26N2O/c1-7-15(8-2)11(16)13(5)10-14(6)9-12(13,3)4/h7-10H2,1-6H3. The molecule has 0 N–H and O–H groups in total. The Morgan fingerprint density at radius 2 is 1.69 bits per heavy atom. The van der Waals surface area contributed by atoms with E-state index in [1.54, 1.807) is 0 Å². The Labute approximate surface area is 99.8 Å². The molecule has 1 unspecified atom stereocenters. The van der Waals surface area contributed by atoms with E-state index in [-0.39, 0.29) is 10.8 Å². The lowest BCUT2D eigenvalue weighted by molar-refractivity contribution is -0.144. The Morgan fingerprint density at radius 3 is 2.00 bits per heavy atom. The van der Waals surface area contributed by atoms with Crippen molar-refractivity contribution in [3.05, 3.63) is 0 Å². The largest absolute Gasteiger partial charge is 0.343 e. The van der Waals surface area contributed by atoms with Crippen LogP contribution in [0.2, 0.25) is 0 Å². The van der Waals surface area contributed by atoms with Crippen molar-refractivity contribution >= 4 is 5.91 Å². The highest BCUT2D eigenvalue weighted by Crippen LogP contribution is 2.46. The SMILES string of the molecule is CCN(CC)C(=O)C1(C)CN(C)CC1(C)C. The van der Waals surface area contributed by atoms with Crippen molar-refractivity contribution in [1.29, 1.82) is 0 Å². The molecule has 0 aromatic heterocycles. The van der Waals surface area contributed by atoms with Gasteiger partial charge in [-0.25, -0.2) is 0 Å². The Morgan fingerprint density at radius 1 is 1.19 bits per heavy atom. The summed E-state index contributed by atoms with van der Waals surface area (Å²) in [4.78, 5) is 16.8. The third-order valence-corrected chi connectivity index (χ3v) is 4.27. The Balaban J connectivity index is 2.97. The summed E-state index contributed by atoms with van der Waals surface area (Å²) in [7, 11) is 2.10. The number of carbonyl (C=O) groups excluding carboxylic acids is 1. The van der Waals surface area contributed by atoms with Crippen molar-refractivity contribution in [2.45, 2.75) is 34.6 Å². The highest BCUT2D eigenvalue weighted by atomic mass is 16.2. The molecular formula is C13H26N2O. The molecule has 1 heterocycles. The van der Waals surface area contributed by atoms with E-state index in [0.717, 1.165) is 26.2 Å². The normalized spacial score (nSPS) is 29.4. The van der Waals surface area contributed by atoms with Gasteiger partial charge in [-0.15, -0.1) is 0 Å². The molecule has 1 aliphatic heterocycles. The Bertz CT molecular complexity index is 271. The molecule has 0 aromatic rings. The van der Waals surface area contributed by atoms with Gasteiger partial charge in [-0.05, 0) is 33.2 Å². The van der Waals surface area contributed by atoms with Crippen molar-refractivity contribution in [2.24, 2.45) is 10.8 Å². The lowest BCUT2D eigenvalue weighted by Gasteiger charge is -2.39. The van der Waals surface area contributed by atoms with E-state index in [1.165, 1.54) is 0 Å². The predicted octanol–water partition coefficient (Wildman–Crippen LogP) is 1.83. The second kappa shape index (κ2) is 4.36. The lowest BCUT2D eigenvalue weighted by atomic mass is 9.68. The summed E-state index contributed by atoms with van der Waals surface area (Å²) in [6, 6.07) is 0. The van der Waals surface area contributed by atoms with Gasteiger partial charge >= 0.3 is 0 Å². The van der Waals surface area contributed by atoms with Gasteiger partial charge in [0.15, 0.2) is 0 Å². The second-order valence-corrected chi connectivity index (χ2v) is 5.87. The average Bonchev–Trinajstić information content (AvgIpc) is 2.38. The van der Waals surface area contributed by atoms with Gasteiger partial charge in [0.1, 0.15) is 0 Å². The number of rotatable bonds is 3. The van der Waals surface area contributed by atoms with E-state index >= 15 is 0 Å². The highest BCUT2D eigenvalue weighted by molar-refractivity contribution is 5.84. The third kappa shape index (κ3) is 1.97. The average molecular weight is 226 g/mol. The van der Waals surface area contributed by atoms with Gasteiger partial charge in [0.2, 0.25) is 5.91 Å². The number of carbonyl (C=O) groups is 1. The zero-order chi connectivity index (χ0) is 12.6. The first-order chi connectivity index (χ1) is 7.28. The number of likely N-dealkylation sites (tertiary alicyclic amines) is 1. The van der Waals surface area contributed by atoms with Crippen LogP contribution < -0.4 is 0 Å². The van der Waals surface area contributed by atoms with Crippen LogP contribution >= 0.6 is 0 Å². The summed E-state index contributed by atoms with van der Waals surface area (Å²) < 4.78 is 0. The zero-order valence-corrected chi connectivity index (χ0v) is 11.6. The summed E-state index contributed by atoms with van der Waals surface area (Å²) in [5.41, 5.74) is -0.185. The first-order valence-corrected chi connectivity index (χ1v) is 6.26. The molecule has 1 rings (SSSR count). The van der Waals surface area contributed by atoms with Gasteiger partial charge in [0, 0.05) is 26.2 Å².